The summed E-state index contributed by atoms with van der Waals surface area (Å²) >= 11 is 0. The Balaban J connectivity index is 0.000000194. The van der Waals surface area contributed by atoms with Crippen molar-refractivity contribution in [1.29, 1.82) is 0 Å². The van der Waals surface area contributed by atoms with Gasteiger partial charge in [-0.25, -0.2) is 0 Å². The fourth-order valence-electron chi connectivity index (χ4n) is 14.8. The first kappa shape index (κ1) is 39.9. The summed E-state index contributed by atoms with van der Waals surface area (Å²) < 4.78 is 0. The van der Waals surface area contributed by atoms with Crippen LogP contribution in [0.3, 0.4) is 0 Å². The lowest BCUT2D eigenvalue weighted by Crippen LogP contribution is -2.52. The van der Waals surface area contributed by atoms with Gasteiger partial charge in [0.05, 0.1) is 0 Å². The molecule has 4 heteroatoms. The predicted octanol–water partition coefficient (Wildman–Crippen LogP) is 10.5. The second-order valence-corrected chi connectivity index (χ2v) is 20.4. The molecule has 284 valence electrons. The molecule has 6 aliphatic rings. The minimum Gasteiger partial charge on any atom is -0.396 e. The van der Waals surface area contributed by atoms with Gasteiger partial charge in [-0.3, -0.25) is 0 Å². The van der Waals surface area contributed by atoms with Gasteiger partial charge in [0.2, 0.25) is 0 Å². The van der Waals surface area contributed by atoms with Gasteiger partial charge in [-0.1, -0.05) is 78.7 Å². The standard InChI is InChI=1S/C23H40O2.C23H36O2/c2*1-15(2)19-6-7-20-18(14-25)21(9-11-23(19,20)5)22(4)10-8-16(3)12-17(22)13-24/h16-21,24-25H,1,6-14H2,2-5H3;13-14,16-21H,1,6-12H2,2-5H3/t16-,17+,18-,19+,20?,21?,22-,23+;16-,17+,18?,19+,20?,21?,22-,23+/m00/s1. The van der Waals surface area contributed by atoms with Gasteiger partial charge in [0, 0.05) is 25.0 Å². The quantitative estimate of drug-likeness (QED) is 0.196. The van der Waals surface area contributed by atoms with Crippen molar-refractivity contribution >= 4 is 12.6 Å². The Morgan fingerprint density at radius 3 is 1.58 bits per heavy atom. The van der Waals surface area contributed by atoms with E-state index in [1.54, 1.807) is 0 Å². The number of carbonyl (C=O) groups is 2. The molecule has 0 bridgehead atoms. The van der Waals surface area contributed by atoms with Crippen LogP contribution in [-0.2, 0) is 9.59 Å². The number of hydrogen-bond donors (Lipinski definition) is 2. The Morgan fingerprint density at radius 2 is 1.06 bits per heavy atom. The highest BCUT2D eigenvalue weighted by Crippen LogP contribution is 2.66. The third-order valence-corrected chi connectivity index (χ3v) is 17.9. The predicted molar refractivity (Wildman–Crippen MR) is 206 cm³/mol. The summed E-state index contributed by atoms with van der Waals surface area (Å²) in [4.78, 5) is 24.2. The van der Waals surface area contributed by atoms with E-state index < -0.39 is 0 Å². The van der Waals surface area contributed by atoms with Crippen LogP contribution in [0.5, 0.6) is 0 Å². The van der Waals surface area contributed by atoms with Crippen LogP contribution in [0.4, 0.5) is 0 Å². The first-order chi connectivity index (χ1) is 23.5. The van der Waals surface area contributed by atoms with Crippen molar-refractivity contribution in [2.75, 3.05) is 13.2 Å². The van der Waals surface area contributed by atoms with Gasteiger partial charge < -0.3 is 19.8 Å². The molecule has 6 aliphatic carbocycles. The monoisotopic (exact) mass is 693 g/mol. The Morgan fingerprint density at radius 1 is 0.600 bits per heavy atom. The Hall–Kier alpha value is -1.26. The highest BCUT2D eigenvalue weighted by Gasteiger charge is 2.60. The molecular formula is C46H76O4. The number of allylic oxidation sites excluding steroid dienone is 2. The summed E-state index contributed by atoms with van der Waals surface area (Å²) in [5.74, 6) is 5.59. The highest BCUT2D eigenvalue weighted by atomic mass is 16.3. The van der Waals surface area contributed by atoms with E-state index in [2.05, 4.69) is 68.5 Å². The molecule has 0 aromatic carbocycles. The van der Waals surface area contributed by atoms with Gasteiger partial charge in [0.15, 0.2) is 0 Å². The fraction of sp³-hybridized carbons (Fsp3) is 0.870. The highest BCUT2D eigenvalue weighted by molar-refractivity contribution is 5.59. The maximum Gasteiger partial charge on any atom is 0.123 e. The second-order valence-electron chi connectivity index (χ2n) is 20.4. The van der Waals surface area contributed by atoms with Crippen molar-refractivity contribution in [3.63, 3.8) is 0 Å². The van der Waals surface area contributed by atoms with Crippen molar-refractivity contribution in [2.24, 2.45) is 92.7 Å². The molecule has 0 aromatic heterocycles. The van der Waals surface area contributed by atoms with Gasteiger partial charge in [-0.2, -0.15) is 0 Å². The topological polar surface area (TPSA) is 74.6 Å². The molecule has 0 aromatic rings. The van der Waals surface area contributed by atoms with Gasteiger partial charge >= 0.3 is 0 Å². The van der Waals surface area contributed by atoms with Crippen LogP contribution < -0.4 is 0 Å². The van der Waals surface area contributed by atoms with Crippen molar-refractivity contribution in [3.05, 3.63) is 24.3 Å². The van der Waals surface area contributed by atoms with Gasteiger partial charge in [0.25, 0.3) is 0 Å². The van der Waals surface area contributed by atoms with E-state index in [1.165, 1.54) is 81.5 Å². The molecule has 0 spiro atoms. The van der Waals surface area contributed by atoms with Crippen LogP contribution in [0.2, 0.25) is 0 Å². The molecule has 0 aliphatic heterocycles. The lowest BCUT2D eigenvalue weighted by molar-refractivity contribution is -0.135. The summed E-state index contributed by atoms with van der Waals surface area (Å²) in [7, 11) is 0. The molecule has 6 fully saturated rings. The SMILES string of the molecule is C=C(C)[C@H]1CCC2C(C=O)C([C@@]3(C)CC[C@H](C)C[C@@H]3C=O)CC[C@@]21C.C=C(C)[C@H]1CCC2[C@H](CO)C([C@@]3(C)CC[C@H](C)C[C@@H]3CO)CC[C@@]21C. The molecule has 6 rings (SSSR count). The van der Waals surface area contributed by atoms with E-state index in [0.717, 1.165) is 38.0 Å². The molecule has 4 nitrogen and oxygen atoms in total. The van der Waals surface area contributed by atoms with Gasteiger partial charge in [-0.05, 0) is 172 Å². The molecule has 2 N–H and O–H groups in total. The number of aliphatic hydroxyl groups is 2. The van der Waals surface area contributed by atoms with E-state index in [9.17, 15) is 19.8 Å². The zero-order valence-electron chi connectivity index (χ0n) is 33.5. The molecule has 5 unspecified atom stereocenters. The first-order valence-electron chi connectivity index (χ1n) is 21.0. The van der Waals surface area contributed by atoms with Crippen LogP contribution in [-0.4, -0.2) is 36.0 Å². The van der Waals surface area contributed by atoms with Crippen molar-refractivity contribution < 1.29 is 19.8 Å². The average molecular weight is 693 g/mol. The zero-order chi connectivity index (χ0) is 36.8. The number of fused-ring (bicyclic) bond motifs is 2. The van der Waals surface area contributed by atoms with Crippen molar-refractivity contribution in [3.8, 4) is 0 Å². The molecule has 0 amide bonds. The number of rotatable bonds is 8. The van der Waals surface area contributed by atoms with Crippen LogP contribution in [0.15, 0.2) is 24.3 Å². The van der Waals surface area contributed by atoms with Crippen LogP contribution in [0.1, 0.15) is 145 Å². The van der Waals surface area contributed by atoms with Gasteiger partial charge in [0.1, 0.15) is 12.6 Å². The summed E-state index contributed by atoms with van der Waals surface area (Å²) in [6.07, 6.45) is 19.0. The van der Waals surface area contributed by atoms with E-state index in [-0.39, 0.29) is 28.1 Å². The van der Waals surface area contributed by atoms with Crippen LogP contribution in [0.25, 0.3) is 0 Å². The Kier molecular flexibility index (Phi) is 12.2. The second kappa shape index (κ2) is 15.2. The minimum atomic E-state index is 0.00246. The van der Waals surface area contributed by atoms with E-state index in [0.29, 0.717) is 71.9 Å². The van der Waals surface area contributed by atoms with E-state index >= 15 is 0 Å². The first-order valence-corrected chi connectivity index (χ1v) is 21.0. The number of aldehydes is 2. The third kappa shape index (κ3) is 6.71. The smallest absolute Gasteiger partial charge is 0.123 e. The molecule has 50 heavy (non-hydrogen) atoms. The normalized spacial score (nSPS) is 50.3. The lowest BCUT2D eigenvalue weighted by Gasteiger charge is -2.57. The summed E-state index contributed by atoms with van der Waals surface area (Å²) in [5, 5.41) is 20.5. The molecule has 0 saturated heterocycles. The van der Waals surface area contributed by atoms with Crippen LogP contribution >= 0.6 is 0 Å². The van der Waals surface area contributed by atoms with Gasteiger partial charge in [-0.15, -0.1) is 0 Å². The third-order valence-electron chi connectivity index (χ3n) is 17.9. The maximum absolute atomic E-state index is 12.3. The Labute approximate surface area is 307 Å². The number of carbonyl (C=O) groups excluding carboxylic acids is 2. The maximum atomic E-state index is 12.3. The number of hydrogen-bond acceptors (Lipinski definition) is 4. The van der Waals surface area contributed by atoms with E-state index in [4.69, 9.17) is 0 Å². The molecule has 0 radical (unpaired) electrons. The summed E-state index contributed by atoms with van der Waals surface area (Å²) in [6, 6.07) is 0. The Bertz CT molecular complexity index is 1240. The zero-order valence-corrected chi connectivity index (χ0v) is 33.5. The molecule has 0 heterocycles. The summed E-state index contributed by atoms with van der Waals surface area (Å²) in [6.45, 7) is 27.7. The minimum absolute atomic E-state index is 0.00246. The largest absolute Gasteiger partial charge is 0.396 e. The molecular weight excluding hydrogens is 617 g/mol. The van der Waals surface area contributed by atoms with Crippen molar-refractivity contribution in [1.82, 2.24) is 0 Å². The number of aliphatic hydroxyl groups excluding tert-OH is 2. The lowest BCUT2D eigenvalue weighted by atomic mass is 9.48. The van der Waals surface area contributed by atoms with E-state index in [1.807, 2.05) is 0 Å². The van der Waals surface area contributed by atoms with Crippen LogP contribution in [0, 0.1) is 92.7 Å². The summed E-state index contributed by atoms with van der Waals surface area (Å²) in [5.41, 5.74) is 3.37. The molecule has 6 saturated carbocycles. The average Bonchev–Trinajstić information content (AvgIpc) is 3.63. The van der Waals surface area contributed by atoms with Crippen molar-refractivity contribution in [2.45, 2.75) is 145 Å². The fourth-order valence-corrected chi connectivity index (χ4v) is 14.8. The molecule has 16 atom stereocenters.